The van der Waals surface area contributed by atoms with Crippen molar-refractivity contribution < 1.29 is 13.9 Å². The van der Waals surface area contributed by atoms with Gasteiger partial charge in [-0.3, -0.25) is 0 Å². The number of hydrogen-bond donors (Lipinski definition) is 1. The molecule has 1 aromatic rings. The average molecular weight is 225 g/mol. The first-order valence-corrected chi connectivity index (χ1v) is 5.38. The summed E-state index contributed by atoms with van der Waals surface area (Å²) in [6.07, 6.45) is 2.88. The second-order valence-corrected chi connectivity index (χ2v) is 3.54. The number of para-hydroxylation sites is 1. The van der Waals surface area contributed by atoms with Gasteiger partial charge in [-0.2, -0.15) is 0 Å². The smallest absolute Gasteiger partial charge is 0.340 e. The van der Waals surface area contributed by atoms with E-state index in [0.717, 1.165) is 19.3 Å². The molecule has 1 rings (SSSR count). The van der Waals surface area contributed by atoms with E-state index in [2.05, 4.69) is 6.92 Å². The molecule has 0 unspecified atom stereocenters. The predicted octanol–water partition coefficient (Wildman–Crippen LogP) is 2.75. The van der Waals surface area contributed by atoms with Gasteiger partial charge in [0, 0.05) is 0 Å². The molecule has 1 aromatic carbocycles. The Hall–Kier alpha value is -1.58. The lowest BCUT2D eigenvalue weighted by Crippen LogP contribution is -2.10. The molecule has 0 fully saturated rings. The van der Waals surface area contributed by atoms with Gasteiger partial charge in [-0.05, 0) is 18.6 Å². The van der Waals surface area contributed by atoms with E-state index in [1.54, 1.807) is 0 Å². The van der Waals surface area contributed by atoms with E-state index in [4.69, 9.17) is 10.5 Å². The monoisotopic (exact) mass is 225 g/mol. The van der Waals surface area contributed by atoms with Gasteiger partial charge in [-0.1, -0.05) is 25.8 Å². The Labute approximate surface area is 94.4 Å². The second-order valence-electron chi connectivity index (χ2n) is 3.54. The number of anilines is 1. The number of benzene rings is 1. The van der Waals surface area contributed by atoms with Crippen LogP contribution < -0.4 is 5.73 Å². The summed E-state index contributed by atoms with van der Waals surface area (Å²) in [4.78, 5) is 11.5. The molecule has 0 spiro atoms. The summed E-state index contributed by atoms with van der Waals surface area (Å²) in [5.74, 6) is -1.16. The third-order valence-corrected chi connectivity index (χ3v) is 2.25. The summed E-state index contributed by atoms with van der Waals surface area (Å²) >= 11 is 0. The number of nitrogens with two attached hydrogens (primary N) is 1. The SMILES string of the molecule is CCCCCOC(=O)c1cccc(F)c1N. The van der Waals surface area contributed by atoms with Gasteiger partial charge in [-0.25, -0.2) is 9.18 Å². The summed E-state index contributed by atoms with van der Waals surface area (Å²) < 4.78 is 18.0. The lowest BCUT2D eigenvalue weighted by atomic mass is 10.2. The fourth-order valence-corrected chi connectivity index (χ4v) is 1.31. The van der Waals surface area contributed by atoms with E-state index < -0.39 is 11.8 Å². The number of ether oxygens (including phenoxy) is 1. The molecule has 16 heavy (non-hydrogen) atoms. The fraction of sp³-hybridized carbons (Fsp3) is 0.417. The van der Waals surface area contributed by atoms with Gasteiger partial charge in [0.2, 0.25) is 0 Å². The topological polar surface area (TPSA) is 52.3 Å². The van der Waals surface area contributed by atoms with Crippen molar-refractivity contribution in [3.05, 3.63) is 29.6 Å². The van der Waals surface area contributed by atoms with Crippen LogP contribution in [0.5, 0.6) is 0 Å². The highest BCUT2D eigenvalue weighted by Crippen LogP contribution is 2.16. The Balaban J connectivity index is 2.56. The standard InChI is InChI=1S/C12H16FNO2/c1-2-3-4-8-16-12(15)9-6-5-7-10(13)11(9)14/h5-7H,2-4,8,14H2,1H3. The van der Waals surface area contributed by atoms with E-state index in [1.807, 2.05) is 0 Å². The van der Waals surface area contributed by atoms with E-state index in [1.165, 1.54) is 18.2 Å². The van der Waals surface area contributed by atoms with Crippen molar-refractivity contribution in [1.29, 1.82) is 0 Å². The zero-order valence-corrected chi connectivity index (χ0v) is 9.33. The van der Waals surface area contributed by atoms with Crippen LogP contribution in [0.4, 0.5) is 10.1 Å². The fourth-order valence-electron chi connectivity index (χ4n) is 1.31. The number of carbonyl (C=O) groups is 1. The molecule has 2 N–H and O–H groups in total. The van der Waals surface area contributed by atoms with Crippen LogP contribution in [0.1, 0.15) is 36.5 Å². The minimum Gasteiger partial charge on any atom is -0.462 e. The number of rotatable bonds is 5. The number of hydrogen-bond acceptors (Lipinski definition) is 3. The van der Waals surface area contributed by atoms with E-state index in [0.29, 0.717) is 6.61 Å². The molecule has 4 heteroatoms. The Morgan fingerprint density at radius 2 is 2.19 bits per heavy atom. The molecule has 0 saturated heterocycles. The summed E-state index contributed by atoms with van der Waals surface area (Å²) in [5, 5.41) is 0. The van der Waals surface area contributed by atoms with Crippen molar-refractivity contribution in [2.75, 3.05) is 12.3 Å². The van der Waals surface area contributed by atoms with Crippen LogP contribution in [0.3, 0.4) is 0 Å². The molecule has 0 amide bonds. The zero-order chi connectivity index (χ0) is 12.0. The Kier molecular flexibility index (Phi) is 4.76. The number of carbonyl (C=O) groups excluding carboxylic acids is 1. The van der Waals surface area contributed by atoms with E-state index >= 15 is 0 Å². The Bertz CT molecular complexity index is 366. The first-order valence-electron chi connectivity index (χ1n) is 5.38. The highest BCUT2D eigenvalue weighted by molar-refractivity contribution is 5.95. The molecule has 0 atom stereocenters. The van der Waals surface area contributed by atoms with Crippen molar-refractivity contribution in [2.24, 2.45) is 0 Å². The molecule has 0 aromatic heterocycles. The largest absolute Gasteiger partial charge is 0.462 e. The number of halogens is 1. The van der Waals surface area contributed by atoms with Crippen molar-refractivity contribution in [2.45, 2.75) is 26.2 Å². The van der Waals surface area contributed by atoms with Gasteiger partial charge in [-0.15, -0.1) is 0 Å². The summed E-state index contributed by atoms with van der Waals surface area (Å²) in [6.45, 7) is 2.41. The number of esters is 1. The second kappa shape index (κ2) is 6.10. The molecule has 0 bridgehead atoms. The maximum absolute atomic E-state index is 13.0. The molecular formula is C12H16FNO2. The highest BCUT2D eigenvalue weighted by atomic mass is 19.1. The molecular weight excluding hydrogens is 209 g/mol. The molecule has 3 nitrogen and oxygen atoms in total. The number of nitrogen functional groups attached to an aromatic ring is 1. The Morgan fingerprint density at radius 3 is 2.88 bits per heavy atom. The third kappa shape index (κ3) is 3.22. The van der Waals surface area contributed by atoms with Crippen LogP contribution in [0.2, 0.25) is 0 Å². The first-order chi connectivity index (χ1) is 7.66. The van der Waals surface area contributed by atoms with Gasteiger partial charge in [0.25, 0.3) is 0 Å². The summed E-state index contributed by atoms with van der Waals surface area (Å²) in [6, 6.07) is 4.11. The zero-order valence-electron chi connectivity index (χ0n) is 9.33. The van der Waals surface area contributed by atoms with Gasteiger partial charge in [0.05, 0.1) is 17.9 Å². The van der Waals surface area contributed by atoms with Crippen LogP contribution in [0, 0.1) is 5.82 Å². The van der Waals surface area contributed by atoms with Crippen molar-refractivity contribution in [3.8, 4) is 0 Å². The molecule has 0 saturated carbocycles. The Morgan fingerprint density at radius 1 is 1.44 bits per heavy atom. The normalized spacial score (nSPS) is 10.1. The average Bonchev–Trinajstić information content (AvgIpc) is 2.28. The maximum atomic E-state index is 13.0. The van der Waals surface area contributed by atoms with Gasteiger partial charge < -0.3 is 10.5 Å². The highest BCUT2D eigenvalue weighted by Gasteiger charge is 2.13. The molecule has 0 radical (unpaired) electrons. The number of unbranched alkanes of at least 4 members (excludes halogenated alkanes) is 2. The first kappa shape index (κ1) is 12.5. The third-order valence-electron chi connectivity index (χ3n) is 2.25. The summed E-state index contributed by atoms with van der Waals surface area (Å²) in [5.41, 5.74) is 5.38. The van der Waals surface area contributed by atoms with Crippen LogP contribution in [0.15, 0.2) is 18.2 Å². The maximum Gasteiger partial charge on any atom is 0.340 e. The van der Waals surface area contributed by atoms with E-state index in [-0.39, 0.29) is 11.3 Å². The van der Waals surface area contributed by atoms with Gasteiger partial charge in [0.15, 0.2) is 0 Å². The molecule has 0 aliphatic carbocycles. The molecule has 88 valence electrons. The lowest BCUT2D eigenvalue weighted by molar-refractivity contribution is 0.0499. The van der Waals surface area contributed by atoms with Gasteiger partial charge in [0.1, 0.15) is 5.82 Å². The van der Waals surface area contributed by atoms with Crippen molar-refractivity contribution in [1.82, 2.24) is 0 Å². The molecule has 0 heterocycles. The minimum atomic E-state index is -0.594. The van der Waals surface area contributed by atoms with Crippen molar-refractivity contribution >= 4 is 11.7 Å². The van der Waals surface area contributed by atoms with Crippen LogP contribution in [0.25, 0.3) is 0 Å². The summed E-state index contributed by atoms with van der Waals surface area (Å²) in [7, 11) is 0. The van der Waals surface area contributed by atoms with Gasteiger partial charge >= 0.3 is 5.97 Å². The molecule has 0 aliphatic heterocycles. The van der Waals surface area contributed by atoms with Crippen LogP contribution in [-0.4, -0.2) is 12.6 Å². The predicted molar refractivity (Wildman–Crippen MR) is 60.6 cm³/mol. The molecule has 0 aliphatic rings. The quantitative estimate of drug-likeness (QED) is 0.476. The van der Waals surface area contributed by atoms with Crippen LogP contribution >= 0.6 is 0 Å². The van der Waals surface area contributed by atoms with Crippen LogP contribution in [-0.2, 0) is 4.74 Å². The lowest BCUT2D eigenvalue weighted by Gasteiger charge is -2.06. The van der Waals surface area contributed by atoms with E-state index in [9.17, 15) is 9.18 Å². The van der Waals surface area contributed by atoms with Crippen molar-refractivity contribution in [3.63, 3.8) is 0 Å². The minimum absolute atomic E-state index is 0.0940.